The van der Waals surface area contributed by atoms with Crippen molar-refractivity contribution in [2.24, 2.45) is 0 Å². The number of unbranched alkanes of at least 4 members (excludes halogenated alkanes) is 2. The lowest BCUT2D eigenvalue weighted by Gasteiger charge is -2.06. The van der Waals surface area contributed by atoms with Gasteiger partial charge in [-0.1, -0.05) is 31.9 Å². The van der Waals surface area contributed by atoms with Gasteiger partial charge in [-0.05, 0) is 46.7 Å². The van der Waals surface area contributed by atoms with E-state index in [9.17, 15) is 9.59 Å². The Hall–Kier alpha value is -1.11. The molecule has 1 rings (SSSR count). The van der Waals surface area contributed by atoms with Gasteiger partial charge in [0.15, 0.2) is 0 Å². The zero-order chi connectivity index (χ0) is 15.5. The maximum absolute atomic E-state index is 11.5. The molecule has 0 radical (unpaired) electrons. The summed E-state index contributed by atoms with van der Waals surface area (Å²) in [5, 5.41) is 0. The number of benzene rings is 1. The van der Waals surface area contributed by atoms with Gasteiger partial charge in [0, 0.05) is 3.57 Å². The van der Waals surface area contributed by atoms with Crippen LogP contribution in [0, 0.1) is 3.57 Å². The number of carbonyl (C=O) groups is 2. The first-order valence-electron chi connectivity index (χ1n) is 7.17. The van der Waals surface area contributed by atoms with E-state index in [4.69, 9.17) is 9.47 Å². The van der Waals surface area contributed by atoms with Crippen LogP contribution in [0.5, 0.6) is 0 Å². The Labute approximate surface area is 139 Å². The van der Waals surface area contributed by atoms with Crippen molar-refractivity contribution in [1.82, 2.24) is 0 Å². The molecule has 0 saturated carbocycles. The molecule has 0 aliphatic rings. The molecule has 1 aromatic rings. The molecule has 0 atom stereocenters. The van der Waals surface area contributed by atoms with E-state index in [1.807, 2.05) is 24.3 Å². The smallest absolute Gasteiger partial charge is 0.306 e. The topological polar surface area (TPSA) is 52.6 Å². The summed E-state index contributed by atoms with van der Waals surface area (Å²) in [6.07, 6.45) is 3.15. The molecule has 0 fully saturated rings. The van der Waals surface area contributed by atoms with Gasteiger partial charge in [0.1, 0.15) is 6.61 Å². The van der Waals surface area contributed by atoms with Gasteiger partial charge < -0.3 is 9.47 Å². The van der Waals surface area contributed by atoms with E-state index < -0.39 is 0 Å². The van der Waals surface area contributed by atoms with Crippen LogP contribution in [-0.4, -0.2) is 18.5 Å². The average Bonchev–Trinajstić information content (AvgIpc) is 2.49. The van der Waals surface area contributed by atoms with Crippen molar-refractivity contribution in [3.63, 3.8) is 0 Å². The van der Waals surface area contributed by atoms with Gasteiger partial charge in [0.05, 0.1) is 19.4 Å². The minimum atomic E-state index is -0.376. The maximum Gasteiger partial charge on any atom is 0.306 e. The molecular weight excluding hydrogens is 383 g/mol. The highest BCUT2D eigenvalue weighted by molar-refractivity contribution is 14.1. The van der Waals surface area contributed by atoms with Crippen LogP contribution in [0.15, 0.2) is 24.3 Å². The van der Waals surface area contributed by atoms with Crippen LogP contribution in [0.1, 0.15) is 44.6 Å². The fourth-order valence-electron chi connectivity index (χ4n) is 1.63. The highest BCUT2D eigenvalue weighted by Crippen LogP contribution is 2.08. The summed E-state index contributed by atoms with van der Waals surface area (Å²) in [6, 6.07) is 7.74. The van der Waals surface area contributed by atoms with Crippen LogP contribution >= 0.6 is 22.6 Å². The summed E-state index contributed by atoms with van der Waals surface area (Å²) < 4.78 is 11.3. The molecule has 0 amide bonds. The number of halogens is 1. The summed E-state index contributed by atoms with van der Waals surface area (Å²) in [5.74, 6) is -0.712. The molecule has 21 heavy (non-hydrogen) atoms. The summed E-state index contributed by atoms with van der Waals surface area (Å²) in [6.45, 7) is 2.76. The average molecular weight is 404 g/mol. The molecular formula is C16H21IO4. The predicted octanol–water partition coefficient (Wildman–Crippen LogP) is 3.85. The van der Waals surface area contributed by atoms with Crippen LogP contribution in [-0.2, 0) is 25.7 Å². The second-order valence-electron chi connectivity index (χ2n) is 4.71. The van der Waals surface area contributed by atoms with E-state index in [2.05, 4.69) is 29.5 Å². The summed E-state index contributed by atoms with van der Waals surface area (Å²) in [4.78, 5) is 22.9. The Morgan fingerprint density at radius 2 is 1.62 bits per heavy atom. The minimum absolute atomic E-state index is 0.0664. The van der Waals surface area contributed by atoms with E-state index in [1.54, 1.807) is 0 Å². The maximum atomic E-state index is 11.5. The Morgan fingerprint density at radius 1 is 1.00 bits per heavy atom. The van der Waals surface area contributed by atoms with E-state index in [0.717, 1.165) is 28.4 Å². The Morgan fingerprint density at radius 3 is 2.24 bits per heavy atom. The molecule has 0 spiro atoms. The molecule has 0 heterocycles. The lowest BCUT2D eigenvalue weighted by atomic mass is 10.2. The first-order chi connectivity index (χ1) is 10.1. The van der Waals surface area contributed by atoms with Crippen molar-refractivity contribution in [2.75, 3.05) is 6.61 Å². The normalized spacial score (nSPS) is 10.2. The number of ether oxygens (including phenoxy) is 2. The van der Waals surface area contributed by atoms with Gasteiger partial charge in [0.25, 0.3) is 0 Å². The zero-order valence-electron chi connectivity index (χ0n) is 12.3. The fourth-order valence-corrected chi connectivity index (χ4v) is 1.99. The van der Waals surface area contributed by atoms with Crippen LogP contribution < -0.4 is 0 Å². The molecule has 0 unspecified atom stereocenters. The summed E-state index contributed by atoms with van der Waals surface area (Å²) >= 11 is 2.22. The summed E-state index contributed by atoms with van der Waals surface area (Å²) in [5.41, 5.74) is 0.936. The van der Waals surface area contributed by atoms with Crippen molar-refractivity contribution in [1.29, 1.82) is 0 Å². The van der Waals surface area contributed by atoms with Gasteiger partial charge in [-0.3, -0.25) is 9.59 Å². The van der Waals surface area contributed by atoms with Crippen molar-refractivity contribution in [3.05, 3.63) is 33.4 Å². The Kier molecular flexibility index (Phi) is 9.05. The molecule has 0 saturated heterocycles. The van der Waals surface area contributed by atoms with Gasteiger partial charge in [-0.2, -0.15) is 0 Å². The molecule has 116 valence electrons. The highest BCUT2D eigenvalue weighted by Gasteiger charge is 2.09. The second kappa shape index (κ2) is 10.6. The van der Waals surface area contributed by atoms with E-state index in [0.29, 0.717) is 6.61 Å². The Balaban J connectivity index is 2.13. The van der Waals surface area contributed by atoms with Crippen LogP contribution in [0.25, 0.3) is 0 Å². The first-order valence-corrected chi connectivity index (χ1v) is 8.25. The molecule has 0 N–H and O–H groups in total. The van der Waals surface area contributed by atoms with Crippen molar-refractivity contribution >= 4 is 34.5 Å². The second-order valence-corrected chi connectivity index (χ2v) is 5.96. The quantitative estimate of drug-likeness (QED) is 0.357. The highest BCUT2D eigenvalue weighted by atomic mass is 127. The number of carbonyl (C=O) groups excluding carboxylic acids is 2. The first kappa shape index (κ1) is 17.9. The molecule has 5 heteroatoms. The van der Waals surface area contributed by atoms with Crippen molar-refractivity contribution in [3.8, 4) is 0 Å². The van der Waals surface area contributed by atoms with Gasteiger partial charge >= 0.3 is 11.9 Å². The van der Waals surface area contributed by atoms with Crippen LogP contribution in [0.4, 0.5) is 0 Å². The molecule has 0 aromatic heterocycles. The lowest BCUT2D eigenvalue weighted by molar-refractivity contribution is -0.151. The zero-order valence-corrected chi connectivity index (χ0v) is 14.4. The number of esters is 2. The van der Waals surface area contributed by atoms with Gasteiger partial charge in [-0.15, -0.1) is 0 Å². The third-order valence-corrected chi connectivity index (χ3v) is 3.58. The SMILES string of the molecule is CCCCCOC(=O)CCC(=O)OCc1ccc(I)cc1. The third-order valence-electron chi connectivity index (χ3n) is 2.86. The molecule has 1 aromatic carbocycles. The third kappa shape index (κ3) is 8.70. The summed E-state index contributed by atoms with van der Waals surface area (Å²) in [7, 11) is 0. The number of hydrogen-bond acceptors (Lipinski definition) is 4. The standard InChI is InChI=1S/C16H21IO4/c1-2-3-4-11-20-15(18)9-10-16(19)21-12-13-5-7-14(17)8-6-13/h5-8H,2-4,9-12H2,1H3. The fraction of sp³-hybridized carbons (Fsp3) is 0.500. The van der Waals surface area contributed by atoms with E-state index in [-0.39, 0.29) is 31.4 Å². The molecule has 4 nitrogen and oxygen atoms in total. The minimum Gasteiger partial charge on any atom is -0.466 e. The largest absolute Gasteiger partial charge is 0.466 e. The predicted molar refractivity (Wildman–Crippen MR) is 88.7 cm³/mol. The Bertz CT molecular complexity index is 442. The number of hydrogen-bond donors (Lipinski definition) is 0. The van der Waals surface area contributed by atoms with Crippen molar-refractivity contribution in [2.45, 2.75) is 45.6 Å². The molecule has 0 aliphatic carbocycles. The van der Waals surface area contributed by atoms with Gasteiger partial charge in [-0.25, -0.2) is 0 Å². The van der Waals surface area contributed by atoms with E-state index >= 15 is 0 Å². The van der Waals surface area contributed by atoms with Crippen LogP contribution in [0.3, 0.4) is 0 Å². The van der Waals surface area contributed by atoms with E-state index in [1.165, 1.54) is 0 Å². The van der Waals surface area contributed by atoms with Gasteiger partial charge in [0.2, 0.25) is 0 Å². The molecule has 0 bridgehead atoms. The number of rotatable bonds is 9. The molecule has 0 aliphatic heterocycles. The lowest BCUT2D eigenvalue weighted by Crippen LogP contribution is -2.11. The van der Waals surface area contributed by atoms with Crippen LogP contribution in [0.2, 0.25) is 0 Å². The van der Waals surface area contributed by atoms with Crippen molar-refractivity contribution < 1.29 is 19.1 Å². The monoisotopic (exact) mass is 404 g/mol.